The zero-order valence-corrected chi connectivity index (χ0v) is 16.4. The minimum atomic E-state index is -0.330. The van der Waals surface area contributed by atoms with Gasteiger partial charge in [-0.15, -0.1) is 10.2 Å². The first-order valence-electron chi connectivity index (χ1n) is 8.43. The van der Waals surface area contributed by atoms with Gasteiger partial charge in [0.05, 0.1) is 5.75 Å². The van der Waals surface area contributed by atoms with E-state index in [1.807, 2.05) is 0 Å². The fourth-order valence-corrected chi connectivity index (χ4v) is 4.41. The molecule has 0 saturated heterocycles. The SMILES string of the molecule is O=C(CSc1nnc(C(=O)Nc2ccc(Cl)cc2)s1)NC1CCCCC1. The summed E-state index contributed by atoms with van der Waals surface area (Å²) in [6.07, 6.45) is 5.74. The van der Waals surface area contributed by atoms with Crippen LogP contribution in [0.5, 0.6) is 0 Å². The number of hydrogen-bond acceptors (Lipinski definition) is 6. The van der Waals surface area contributed by atoms with Crippen molar-refractivity contribution >= 4 is 52.2 Å². The molecule has 2 amide bonds. The molecule has 1 aromatic carbocycles. The second-order valence-electron chi connectivity index (χ2n) is 6.03. The third-order valence-corrected chi connectivity index (χ3v) is 6.31. The molecule has 2 N–H and O–H groups in total. The van der Waals surface area contributed by atoms with Crippen molar-refractivity contribution in [1.29, 1.82) is 0 Å². The van der Waals surface area contributed by atoms with E-state index < -0.39 is 0 Å². The van der Waals surface area contributed by atoms with Gasteiger partial charge in [-0.25, -0.2) is 0 Å². The molecule has 1 aromatic heterocycles. The van der Waals surface area contributed by atoms with Crippen LogP contribution >= 0.6 is 34.7 Å². The molecule has 26 heavy (non-hydrogen) atoms. The van der Waals surface area contributed by atoms with E-state index in [1.165, 1.54) is 42.4 Å². The van der Waals surface area contributed by atoms with E-state index in [0.29, 0.717) is 21.1 Å². The van der Waals surface area contributed by atoms with Gasteiger partial charge in [0.15, 0.2) is 4.34 Å². The summed E-state index contributed by atoms with van der Waals surface area (Å²) in [7, 11) is 0. The highest BCUT2D eigenvalue weighted by atomic mass is 35.5. The number of nitrogens with one attached hydrogen (secondary N) is 2. The summed E-state index contributed by atoms with van der Waals surface area (Å²) in [5.74, 6) is -0.0446. The number of anilines is 1. The standard InChI is InChI=1S/C17H19ClN4O2S2/c18-11-6-8-13(9-7-11)20-15(24)16-21-22-17(26-16)25-10-14(23)19-12-4-2-1-3-5-12/h6-9,12H,1-5,10H2,(H,19,23)(H,20,24). The number of carbonyl (C=O) groups excluding carboxylic acids is 2. The van der Waals surface area contributed by atoms with Crippen molar-refractivity contribution in [1.82, 2.24) is 15.5 Å². The van der Waals surface area contributed by atoms with Crippen molar-refractivity contribution in [2.24, 2.45) is 0 Å². The van der Waals surface area contributed by atoms with Crippen LogP contribution in [0.15, 0.2) is 28.6 Å². The number of hydrogen-bond donors (Lipinski definition) is 2. The molecule has 0 aliphatic heterocycles. The van der Waals surface area contributed by atoms with Crippen LogP contribution in [0.1, 0.15) is 41.9 Å². The highest BCUT2D eigenvalue weighted by Crippen LogP contribution is 2.24. The fraction of sp³-hybridized carbons (Fsp3) is 0.412. The van der Waals surface area contributed by atoms with Crippen LogP contribution in [0.3, 0.4) is 0 Å². The van der Waals surface area contributed by atoms with Gasteiger partial charge in [0.25, 0.3) is 5.91 Å². The molecule has 1 aliphatic carbocycles. The van der Waals surface area contributed by atoms with Gasteiger partial charge in [0, 0.05) is 16.8 Å². The molecule has 6 nitrogen and oxygen atoms in total. The van der Waals surface area contributed by atoms with Gasteiger partial charge in [0.1, 0.15) is 0 Å². The van der Waals surface area contributed by atoms with Crippen LogP contribution in [-0.4, -0.2) is 33.8 Å². The van der Waals surface area contributed by atoms with Crippen molar-refractivity contribution in [2.75, 3.05) is 11.1 Å². The van der Waals surface area contributed by atoms with Crippen molar-refractivity contribution in [2.45, 2.75) is 42.5 Å². The fourth-order valence-electron chi connectivity index (χ4n) is 2.72. The summed E-state index contributed by atoms with van der Waals surface area (Å²) in [6, 6.07) is 7.12. The molecule has 2 aromatic rings. The molecular formula is C17H19ClN4O2S2. The normalized spacial score (nSPS) is 14.8. The molecule has 0 spiro atoms. The van der Waals surface area contributed by atoms with Crippen LogP contribution in [0.2, 0.25) is 5.02 Å². The Labute approximate surface area is 165 Å². The van der Waals surface area contributed by atoms with E-state index >= 15 is 0 Å². The van der Waals surface area contributed by atoms with E-state index in [1.54, 1.807) is 24.3 Å². The number of thioether (sulfide) groups is 1. The molecular weight excluding hydrogens is 392 g/mol. The third kappa shape index (κ3) is 5.69. The first kappa shape index (κ1) is 19.1. The Kier molecular flexibility index (Phi) is 6.87. The lowest BCUT2D eigenvalue weighted by Gasteiger charge is -2.22. The largest absolute Gasteiger partial charge is 0.353 e. The van der Waals surface area contributed by atoms with E-state index in [0.717, 1.165) is 12.8 Å². The quantitative estimate of drug-likeness (QED) is 0.703. The van der Waals surface area contributed by atoms with E-state index in [2.05, 4.69) is 20.8 Å². The van der Waals surface area contributed by atoms with E-state index in [4.69, 9.17) is 11.6 Å². The number of rotatable bonds is 6. The second-order valence-corrected chi connectivity index (χ2v) is 8.66. The van der Waals surface area contributed by atoms with E-state index in [-0.39, 0.29) is 22.6 Å². The minimum absolute atomic E-state index is 0.00395. The number of carbonyl (C=O) groups is 2. The number of amides is 2. The predicted octanol–water partition coefficient (Wildman–Crippen LogP) is 3.98. The summed E-state index contributed by atoms with van der Waals surface area (Å²) in [4.78, 5) is 24.2. The number of benzene rings is 1. The molecule has 1 heterocycles. The van der Waals surface area contributed by atoms with Crippen LogP contribution < -0.4 is 10.6 Å². The van der Waals surface area contributed by atoms with Crippen molar-refractivity contribution in [3.05, 3.63) is 34.3 Å². The zero-order chi connectivity index (χ0) is 18.4. The van der Waals surface area contributed by atoms with Crippen LogP contribution in [-0.2, 0) is 4.79 Å². The Morgan fingerprint density at radius 2 is 1.88 bits per heavy atom. The zero-order valence-electron chi connectivity index (χ0n) is 14.0. The first-order valence-corrected chi connectivity index (χ1v) is 10.6. The molecule has 3 rings (SSSR count). The lowest BCUT2D eigenvalue weighted by molar-refractivity contribution is -0.119. The summed E-state index contributed by atoms with van der Waals surface area (Å²) < 4.78 is 0.602. The molecule has 0 atom stereocenters. The molecule has 0 unspecified atom stereocenters. The van der Waals surface area contributed by atoms with Crippen molar-refractivity contribution < 1.29 is 9.59 Å². The van der Waals surface area contributed by atoms with Gasteiger partial charge < -0.3 is 10.6 Å². The molecule has 1 fully saturated rings. The molecule has 9 heteroatoms. The lowest BCUT2D eigenvalue weighted by Crippen LogP contribution is -2.37. The third-order valence-electron chi connectivity index (χ3n) is 4.00. The second kappa shape index (κ2) is 9.34. The summed E-state index contributed by atoms with van der Waals surface area (Å²) >= 11 is 8.29. The van der Waals surface area contributed by atoms with Crippen LogP contribution in [0.4, 0.5) is 5.69 Å². The van der Waals surface area contributed by atoms with E-state index in [9.17, 15) is 9.59 Å². The Hall–Kier alpha value is -1.64. The molecule has 138 valence electrons. The summed E-state index contributed by atoms with van der Waals surface area (Å²) in [6.45, 7) is 0. The topological polar surface area (TPSA) is 84.0 Å². The molecule has 1 aliphatic rings. The van der Waals surface area contributed by atoms with Crippen LogP contribution in [0, 0.1) is 0 Å². The smallest absolute Gasteiger partial charge is 0.286 e. The maximum atomic E-state index is 12.2. The van der Waals surface area contributed by atoms with Gasteiger partial charge in [-0.05, 0) is 37.1 Å². The number of aromatic nitrogens is 2. The van der Waals surface area contributed by atoms with Gasteiger partial charge >= 0.3 is 0 Å². The molecule has 0 bridgehead atoms. The Morgan fingerprint density at radius 1 is 1.15 bits per heavy atom. The predicted molar refractivity (Wildman–Crippen MR) is 105 cm³/mol. The monoisotopic (exact) mass is 410 g/mol. The van der Waals surface area contributed by atoms with Crippen molar-refractivity contribution in [3.8, 4) is 0 Å². The average molecular weight is 411 g/mol. The number of halogens is 1. The first-order chi connectivity index (χ1) is 12.6. The molecule has 0 radical (unpaired) electrons. The van der Waals surface area contributed by atoms with Gasteiger partial charge in [-0.1, -0.05) is 54.0 Å². The summed E-state index contributed by atoms with van der Waals surface area (Å²) in [5, 5.41) is 14.5. The van der Waals surface area contributed by atoms with Crippen molar-refractivity contribution in [3.63, 3.8) is 0 Å². The molecule has 1 saturated carbocycles. The summed E-state index contributed by atoms with van der Waals surface area (Å²) in [5.41, 5.74) is 0.635. The number of nitrogens with zero attached hydrogens (tertiary/aromatic N) is 2. The highest BCUT2D eigenvalue weighted by molar-refractivity contribution is 8.01. The van der Waals surface area contributed by atoms with Gasteiger partial charge in [-0.2, -0.15) is 0 Å². The average Bonchev–Trinajstić information content (AvgIpc) is 3.12. The minimum Gasteiger partial charge on any atom is -0.353 e. The Morgan fingerprint density at radius 3 is 2.62 bits per heavy atom. The maximum Gasteiger partial charge on any atom is 0.286 e. The Bertz CT molecular complexity index is 760. The van der Waals surface area contributed by atoms with Gasteiger partial charge in [-0.3, -0.25) is 9.59 Å². The highest BCUT2D eigenvalue weighted by Gasteiger charge is 2.17. The van der Waals surface area contributed by atoms with Crippen LogP contribution in [0.25, 0.3) is 0 Å². The maximum absolute atomic E-state index is 12.2. The van der Waals surface area contributed by atoms with Gasteiger partial charge in [0.2, 0.25) is 10.9 Å². The lowest BCUT2D eigenvalue weighted by atomic mass is 9.95. The Balaban J connectivity index is 1.47.